The molecule has 0 spiro atoms. The van der Waals surface area contributed by atoms with Crippen molar-refractivity contribution in [1.29, 1.82) is 0 Å². The van der Waals surface area contributed by atoms with Gasteiger partial charge >= 0.3 is 5.97 Å². The third kappa shape index (κ3) is 6.08. The summed E-state index contributed by atoms with van der Waals surface area (Å²) in [7, 11) is 0. The molecule has 6 heteroatoms. The number of carboxylic acids is 1. The maximum Gasteiger partial charge on any atom is 0.303 e. The fourth-order valence-electron chi connectivity index (χ4n) is 3.54. The van der Waals surface area contributed by atoms with Crippen LogP contribution < -0.4 is 4.74 Å². The highest BCUT2D eigenvalue weighted by atomic mass is 16.5. The summed E-state index contributed by atoms with van der Waals surface area (Å²) in [6.07, 6.45) is 6.56. The molecule has 0 saturated carbocycles. The minimum absolute atomic E-state index is 0.0874. The second-order valence-electron chi connectivity index (χ2n) is 7.25. The van der Waals surface area contributed by atoms with E-state index in [0.717, 1.165) is 36.3 Å². The van der Waals surface area contributed by atoms with E-state index in [1.165, 1.54) is 0 Å². The molecule has 148 valence electrons. The van der Waals surface area contributed by atoms with Gasteiger partial charge in [0.1, 0.15) is 12.4 Å². The average Bonchev–Trinajstić information content (AvgIpc) is 2.72. The van der Waals surface area contributed by atoms with Crippen molar-refractivity contribution in [3.8, 4) is 5.75 Å². The van der Waals surface area contributed by atoms with Gasteiger partial charge in [0, 0.05) is 37.5 Å². The van der Waals surface area contributed by atoms with E-state index in [-0.39, 0.29) is 18.2 Å². The van der Waals surface area contributed by atoms with E-state index in [1.807, 2.05) is 41.3 Å². The Morgan fingerprint density at radius 2 is 2.07 bits per heavy atom. The monoisotopic (exact) mass is 382 g/mol. The fourth-order valence-corrected chi connectivity index (χ4v) is 3.54. The Hall–Kier alpha value is -2.89. The lowest BCUT2D eigenvalue weighted by Crippen LogP contribution is -2.40. The number of rotatable bonds is 8. The molecule has 0 bridgehead atoms. The molecule has 3 rings (SSSR count). The number of amides is 1. The van der Waals surface area contributed by atoms with E-state index < -0.39 is 5.97 Å². The lowest BCUT2D eigenvalue weighted by atomic mass is 9.93. The third-order valence-corrected chi connectivity index (χ3v) is 5.02. The lowest BCUT2D eigenvalue weighted by molar-refractivity contribution is -0.137. The van der Waals surface area contributed by atoms with Crippen LogP contribution in [0.25, 0.3) is 0 Å². The molecular weight excluding hydrogens is 356 g/mol. The van der Waals surface area contributed by atoms with Crippen LogP contribution in [-0.2, 0) is 22.6 Å². The highest BCUT2D eigenvalue weighted by molar-refractivity contribution is 5.79. The first-order valence-corrected chi connectivity index (χ1v) is 9.70. The topological polar surface area (TPSA) is 79.7 Å². The van der Waals surface area contributed by atoms with E-state index in [1.54, 1.807) is 12.4 Å². The van der Waals surface area contributed by atoms with Crippen molar-refractivity contribution in [3.05, 3.63) is 59.9 Å². The molecule has 0 radical (unpaired) electrons. The number of carboxylic acid groups (broad SMARTS) is 1. The number of aliphatic carboxylic acids is 1. The molecule has 1 unspecified atom stereocenters. The van der Waals surface area contributed by atoms with E-state index in [2.05, 4.69) is 4.98 Å². The first-order valence-electron chi connectivity index (χ1n) is 9.70. The number of likely N-dealkylation sites (tertiary alicyclic amines) is 1. The van der Waals surface area contributed by atoms with Gasteiger partial charge in [-0.05, 0) is 48.9 Å². The maximum absolute atomic E-state index is 12.7. The summed E-state index contributed by atoms with van der Waals surface area (Å²) >= 11 is 0. The number of pyridine rings is 1. The number of benzene rings is 1. The van der Waals surface area contributed by atoms with Gasteiger partial charge < -0.3 is 14.7 Å². The fraction of sp³-hybridized carbons (Fsp3) is 0.409. The van der Waals surface area contributed by atoms with Crippen molar-refractivity contribution >= 4 is 11.9 Å². The summed E-state index contributed by atoms with van der Waals surface area (Å²) < 4.78 is 5.81. The number of nitrogens with zero attached hydrogens (tertiary/aromatic N) is 2. The molecule has 1 N–H and O–H groups in total. The second kappa shape index (κ2) is 9.88. The maximum atomic E-state index is 12.7. The minimum atomic E-state index is -0.772. The van der Waals surface area contributed by atoms with Crippen LogP contribution >= 0.6 is 0 Å². The summed E-state index contributed by atoms with van der Waals surface area (Å²) in [5.74, 6) is 0.325. The van der Waals surface area contributed by atoms with Crippen molar-refractivity contribution in [2.24, 2.45) is 5.92 Å². The van der Waals surface area contributed by atoms with Gasteiger partial charge in [0.15, 0.2) is 0 Å². The number of carbonyl (C=O) groups is 2. The van der Waals surface area contributed by atoms with Crippen LogP contribution in [0.2, 0.25) is 0 Å². The number of hydrogen-bond acceptors (Lipinski definition) is 4. The summed E-state index contributed by atoms with van der Waals surface area (Å²) in [6.45, 7) is 1.84. The van der Waals surface area contributed by atoms with Crippen LogP contribution in [0.3, 0.4) is 0 Å². The van der Waals surface area contributed by atoms with E-state index in [9.17, 15) is 9.59 Å². The van der Waals surface area contributed by atoms with E-state index in [0.29, 0.717) is 26.0 Å². The highest BCUT2D eigenvalue weighted by Gasteiger charge is 2.24. The van der Waals surface area contributed by atoms with Gasteiger partial charge in [0.05, 0.1) is 6.42 Å². The van der Waals surface area contributed by atoms with Crippen LogP contribution in [0.5, 0.6) is 5.75 Å². The Labute approximate surface area is 165 Å². The van der Waals surface area contributed by atoms with Gasteiger partial charge in [-0.1, -0.05) is 18.2 Å². The molecule has 2 heterocycles. The highest BCUT2D eigenvalue weighted by Crippen LogP contribution is 2.22. The first-order chi connectivity index (χ1) is 13.6. The first kappa shape index (κ1) is 19.9. The SMILES string of the molecule is O=C(O)CCC1CCCN(C(=O)Cc2cccc(OCc3cccnc3)c2)C1. The smallest absolute Gasteiger partial charge is 0.303 e. The van der Waals surface area contributed by atoms with E-state index in [4.69, 9.17) is 9.84 Å². The summed E-state index contributed by atoms with van der Waals surface area (Å²) in [5, 5.41) is 8.86. The molecule has 1 amide bonds. The molecular formula is C22H26N2O4. The number of ether oxygens (including phenoxy) is 1. The zero-order valence-corrected chi connectivity index (χ0v) is 15.9. The Morgan fingerprint density at radius 3 is 2.86 bits per heavy atom. The molecule has 1 fully saturated rings. The summed E-state index contributed by atoms with van der Waals surface area (Å²) in [5.41, 5.74) is 1.91. The van der Waals surface area contributed by atoms with Crippen molar-refractivity contribution in [2.45, 2.75) is 38.7 Å². The molecule has 1 aromatic heterocycles. The normalized spacial score (nSPS) is 16.6. The van der Waals surface area contributed by atoms with Crippen molar-refractivity contribution in [3.63, 3.8) is 0 Å². The van der Waals surface area contributed by atoms with Gasteiger partial charge in [0.2, 0.25) is 5.91 Å². The molecule has 2 aromatic rings. The van der Waals surface area contributed by atoms with Gasteiger partial charge in [-0.3, -0.25) is 14.6 Å². The Bertz CT molecular complexity index is 794. The van der Waals surface area contributed by atoms with Crippen molar-refractivity contribution < 1.29 is 19.4 Å². The van der Waals surface area contributed by atoms with Crippen LogP contribution in [0, 0.1) is 5.92 Å². The molecule has 28 heavy (non-hydrogen) atoms. The third-order valence-electron chi connectivity index (χ3n) is 5.02. The summed E-state index contributed by atoms with van der Waals surface area (Å²) in [6, 6.07) is 11.4. The quantitative estimate of drug-likeness (QED) is 0.758. The van der Waals surface area contributed by atoms with Crippen LogP contribution in [0.15, 0.2) is 48.8 Å². The van der Waals surface area contributed by atoms with Gasteiger partial charge in [-0.25, -0.2) is 0 Å². The Balaban J connectivity index is 1.52. The summed E-state index contributed by atoms with van der Waals surface area (Å²) in [4.78, 5) is 29.4. The second-order valence-corrected chi connectivity index (χ2v) is 7.25. The van der Waals surface area contributed by atoms with Crippen LogP contribution in [0.1, 0.15) is 36.8 Å². The number of piperidine rings is 1. The molecule has 1 aliphatic heterocycles. The van der Waals surface area contributed by atoms with Crippen LogP contribution in [-0.4, -0.2) is 40.0 Å². The molecule has 1 aromatic carbocycles. The molecule has 6 nitrogen and oxygen atoms in total. The van der Waals surface area contributed by atoms with Gasteiger partial charge in [-0.2, -0.15) is 0 Å². The van der Waals surface area contributed by atoms with E-state index >= 15 is 0 Å². The predicted molar refractivity (Wildman–Crippen MR) is 105 cm³/mol. The minimum Gasteiger partial charge on any atom is -0.489 e. The largest absolute Gasteiger partial charge is 0.489 e. The molecule has 1 aliphatic rings. The number of carbonyl (C=O) groups excluding carboxylic acids is 1. The van der Waals surface area contributed by atoms with Gasteiger partial charge in [0.25, 0.3) is 0 Å². The number of hydrogen-bond donors (Lipinski definition) is 1. The zero-order chi connectivity index (χ0) is 19.8. The molecule has 0 aliphatic carbocycles. The molecule has 1 atom stereocenters. The van der Waals surface area contributed by atoms with Gasteiger partial charge in [-0.15, -0.1) is 0 Å². The standard InChI is InChI=1S/C22H26N2O4/c25-21(24-11-3-6-17(15-24)8-9-22(26)27)13-18-4-1-7-20(12-18)28-16-19-5-2-10-23-14-19/h1-2,4-5,7,10,12,14,17H,3,6,8-9,11,13,15-16H2,(H,26,27). The zero-order valence-electron chi connectivity index (χ0n) is 15.9. The van der Waals surface area contributed by atoms with Crippen molar-refractivity contribution in [1.82, 2.24) is 9.88 Å². The van der Waals surface area contributed by atoms with Crippen molar-refractivity contribution in [2.75, 3.05) is 13.1 Å². The van der Waals surface area contributed by atoms with Crippen LogP contribution in [0.4, 0.5) is 0 Å². The Kier molecular flexibility index (Phi) is 7.00. The predicted octanol–water partition coefficient (Wildman–Crippen LogP) is 3.31. The number of aromatic nitrogens is 1. The Morgan fingerprint density at radius 1 is 1.21 bits per heavy atom. The average molecular weight is 382 g/mol. The lowest BCUT2D eigenvalue weighted by Gasteiger charge is -2.32. The molecule has 1 saturated heterocycles.